The summed E-state index contributed by atoms with van der Waals surface area (Å²) in [6.07, 6.45) is 0. The summed E-state index contributed by atoms with van der Waals surface area (Å²) in [5, 5.41) is 10.4. The standard InChI is InChI=1S/C23H28N4O3.HI/c1-4-24-23(26-15-22-16(2)20-10-5-6-11-21(20)30-22)25-12-13-29-19-9-7-8-18(14-19)27-17(3)28;/h5-11,14H,4,12-13,15H2,1-3H3,(H,27,28)(H2,24,25,26);1H. The van der Waals surface area contributed by atoms with Crippen LogP contribution in [0, 0.1) is 6.92 Å². The molecule has 31 heavy (non-hydrogen) atoms. The van der Waals surface area contributed by atoms with Crippen LogP contribution in [0.25, 0.3) is 11.0 Å². The molecule has 2 aromatic carbocycles. The van der Waals surface area contributed by atoms with Gasteiger partial charge < -0.3 is 25.1 Å². The van der Waals surface area contributed by atoms with Gasteiger partial charge in [-0.05, 0) is 32.0 Å². The van der Waals surface area contributed by atoms with Gasteiger partial charge in [-0.2, -0.15) is 0 Å². The number of fused-ring (bicyclic) bond motifs is 1. The molecule has 0 bridgehead atoms. The second-order valence-corrected chi connectivity index (χ2v) is 6.83. The molecule has 8 heteroatoms. The quantitative estimate of drug-likeness (QED) is 0.171. The zero-order valence-electron chi connectivity index (χ0n) is 18.0. The number of para-hydroxylation sites is 1. The number of furan rings is 1. The zero-order valence-corrected chi connectivity index (χ0v) is 20.4. The lowest BCUT2D eigenvalue weighted by atomic mass is 10.1. The molecule has 0 unspecified atom stereocenters. The van der Waals surface area contributed by atoms with Gasteiger partial charge in [0.1, 0.15) is 30.2 Å². The number of halogens is 1. The second-order valence-electron chi connectivity index (χ2n) is 6.83. The summed E-state index contributed by atoms with van der Waals surface area (Å²) >= 11 is 0. The number of carbonyl (C=O) groups excluding carboxylic acids is 1. The van der Waals surface area contributed by atoms with E-state index in [9.17, 15) is 4.79 Å². The average molecular weight is 536 g/mol. The van der Waals surface area contributed by atoms with Crippen LogP contribution < -0.4 is 20.7 Å². The van der Waals surface area contributed by atoms with E-state index in [1.165, 1.54) is 6.92 Å². The fraction of sp³-hybridized carbons (Fsp3) is 0.304. The number of anilines is 1. The van der Waals surface area contributed by atoms with Gasteiger partial charge in [-0.15, -0.1) is 24.0 Å². The number of ether oxygens (including phenoxy) is 1. The minimum atomic E-state index is -0.111. The van der Waals surface area contributed by atoms with Crippen molar-refractivity contribution in [2.75, 3.05) is 25.0 Å². The largest absolute Gasteiger partial charge is 0.492 e. The van der Waals surface area contributed by atoms with Crippen molar-refractivity contribution in [2.45, 2.75) is 27.3 Å². The number of rotatable bonds is 8. The van der Waals surface area contributed by atoms with Crippen molar-refractivity contribution in [3.8, 4) is 5.75 Å². The first kappa shape index (κ1) is 24.5. The van der Waals surface area contributed by atoms with Crippen molar-refractivity contribution in [3.63, 3.8) is 0 Å². The van der Waals surface area contributed by atoms with Gasteiger partial charge >= 0.3 is 0 Å². The third-order valence-corrected chi connectivity index (χ3v) is 4.49. The highest BCUT2D eigenvalue weighted by atomic mass is 127. The molecule has 1 aromatic heterocycles. The van der Waals surface area contributed by atoms with Gasteiger partial charge in [0, 0.05) is 36.2 Å². The third kappa shape index (κ3) is 7.16. The molecule has 166 valence electrons. The minimum absolute atomic E-state index is 0. The molecule has 0 aliphatic carbocycles. The molecular weight excluding hydrogens is 507 g/mol. The number of amides is 1. The normalized spacial score (nSPS) is 11.0. The topological polar surface area (TPSA) is 87.9 Å². The molecule has 0 atom stereocenters. The number of hydrogen-bond donors (Lipinski definition) is 3. The first-order valence-corrected chi connectivity index (χ1v) is 10.1. The van der Waals surface area contributed by atoms with E-state index in [-0.39, 0.29) is 29.9 Å². The minimum Gasteiger partial charge on any atom is -0.492 e. The van der Waals surface area contributed by atoms with Crippen LogP contribution in [-0.4, -0.2) is 31.6 Å². The summed E-state index contributed by atoms with van der Waals surface area (Å²) in [5.74, 6) is 2.15. The van der Waals surface area contributed by atoms with Gasteiger partial charge in [-0.1, -0.05) is 24.3 Å². The number of aryl methyl sites for hydroxylation is 1. The van der Waals surface area contributed by atoms with E-state index in [1.54, 1.807) is 6.07 Å². The van der Waals surface area contributed by atoms with Crippen molar-refractivity contribution >= 4 is 52.5 Å². The van der Waals surface area contributed by atoms with Gasteiger partial charge in [-0.25, -0.2) is 4.99 Å². The summed E-state index contributed by atoms with van der Waals surface area (Å²) in [4.78, 5) is 15.8. The van der Waals surface area contributed by atoms with Crippen LogP contribution in [0.4, 0.5) is 5.69 Å². The Kier molecular flexibility index (Phi) is 9.64. The third-order valence-electron chi connectivity index (χ3n) is 4.49. The fourth-order valence-electron chi connectivity index (χ4n) is 3.07. The van der Waals surface area contributed by atoms with Gasteiger partial charge in [0.05, 0.1) is 6.54 Å². The van der Waals surface area contributed by atoms with Crippen LogP contribution >= 0.6 is 24.0 Å². The molecule has 3 rings (SSSR count). The lowest BCUT2D eigenvalue weighted by Gasteiger charge is -2.12. The van der Waals surface area contributed by atoms with E-state index in [0.29, 0.717) is 37.1 Å². The maximum absolute atomic E-state index is 11.2. The maximum atomic E-state index is 11.2. The molecule has 1 heterocycles. The summed E-state index contributed by atoms with van der Waals surface area (Å²) in [6.45, 7) is 7.80. The van der Waals surface area contributed by atoms with Crippen molar-refractivity contribution in [2.24, 2.45) is 4.99 Å². The second kappa shape index (κ2) is 12.2. The highest BCUT2D eigenvalue weighted by Crippen LogP contribution is 2.25. The lowest BCUT2D eigenvalue weighted by molar-refractivity contribution is -0.114. The summed E-state index contributed by atoms with van der Waals surface area (Å²) in [7, 11) is 0. The molecule has 0 fully saturated rings. The number of nitrogens with zero attached hydrogens (tertiary/aromatic N) is 1. The van der Waals surface area contributed by atoms with E-state index in [4.69, 9.17) is 9.15 Å². The molecule has 3 aromatic rings. The van der Waals surface area contributed by atoms with Crippen molar-refractivity contribution in [3.05, 3.63) is 59.9 Å². The highest BCUT2D eigenvalue weighted by Gasteiger charge is 2.09. The number of benzene rings is 2. The SMILES string of the molecule is CCNC(=NCc1oc2ccccc2c1C)NCCOc1cccc(NC(C)=O)c1.I. The summed E-state index contributed by atoms with van der Waals surface area (Å²) in [5.41, 5.74) is 2.71. The molecule has 0 spiro atoms. The van der Waals surface area contributed by atoms with Crippen LogP contribution in [-0.2, 0) is 11.3 Å². The number of nitrogens with one attached hydrogen (secondary N) is 3. The van der Waals surface area contributed by atoms with Gasteiger partial charge in [0.25, 0.3) is 0 Å². The van der Waals surface area contributed by atoms with E-state index in [2.05, 4.69) is 33.9 Å². The first-order chi connectivity index (χ1) is 14.6. The monoisotopic (exact) mass is 536 g/mol. The van der Waals surface area contributed by atoms with E-state index in [1.807, 2.05) is 43.3 Å². The Labute approximate surface area is 199 Å². The van der Waals surface area contributed by atoms with Crippen LogP contribution in [0.15, 0.2) is 57.9 Å². The fourth-order valence-corrected chi connectivity index (χ4v) is 3.07. The Morgan fingerprint density at radius 1 is 1.13 bits per heavy atom. The van der Waals surface area contributed by atoms with Crippen LogP contribution in [0.3, 0.4) is 0 Å². The molecule has 0 radical (unpaired) electrons. The molecule has 0 saturated heterocycles. The van der Waals surface area contributed by atoms with Crippen LogP contribution in [0.2, 0.25) is 0 Å². The molecular formula is C23H29IN4O3. The molecule has 0 aliphatic heterocycles. The predicted molar refractivity (Wildman–Crippen MR) is 135 cm³/mol. The molecule has 0 saturated carbocycles. The molecule has 3 N–H and O–H groups in total. The highest BCUT2D eigenvalue weighted by molar-refractivity contribution is 14.0. The number of carbonyl (C=O) groups is 1. The Morgan fingerprint density at radius 3 is 2.68 bits per heavy atom. The molecule has 7 nitrogen and oxygen atoms in total. The average Bonchev–Trinajstić information content (AvgIpc) is 3.05. The molecule has 1 amide bonds. The number of aliphatic imine (C=N–C) groups is 1. The van der Waals surface area contributed by atoms with Crippen molar-refractivity contribution in [1.82, 2.24) is 10.6 Å². The van der Waals surface area contributed by atoms with Gasteiger partial charge in [0.2, 0.25) is 5.91 Å². The van der Waals surface area contributed by atoms with E-state index in [0.717, 1.165) is 28.8 Å². The maximum Gasteiger partial charge on any atom is 0.221 e. The van der Waals surface area contributed by atoms with Gasteiger partial charge in [0.15, 0.2) is 5.96 Å². The number of hydrogen-bond acceptors (Lipinski definition) is 4. The predicted octanol–water partition coefficient (Wildman–Crippen LogP) is 4.45. The smallest absolute Gasteiger partial charge is 0.221 e. The van der Waals surface area contributed by atoms with Crippen LogP contribution in [0.5, 0.6) is 5.75 Å². The zero-order chi connectivity index (χ0) is 21.3. The van der Waals surface area contributed by atoms with Crippen LogP contribution in [0.1, 0.15) is 25.2 Å². The Bertz CT molecular complexity index is 1030. The summed E-state index contributed by atoms with van der Waals surface area (Å²) in [6, 6.07) is 15.3. The molecule has 0 aliphatic rings. The van der Waals surface area contributed by atoms with Crippen molar-refractivity contribution < 1.29 is 13.9 Å². The van der Waals surface area contributed by atoms with Gasteiger partial charge in [-0.3, -0.25) is 4.79 Å². The lowest BCUT2D eigenvalue weighted by Crippen LogP contribution is -2.39. The van der Waals surface area contributed by atoms with Crippen molar-refractivity contribution in [1.29, 1.82) is 0 Å². The number of guanidine groups is 1. The van der Waals surface area contributed by atoms with E-state index < -0.39 is 0 Å². The summed E-state index contributed by atoms with van der Waals surface area (Å²) < 4.78 is 11.7. The Balaban J connectivity index is 0.00000341. The van der Waals surface area contributed by atoms with E-state index >= 15 is 0 Å². The Hall–Kier alpha value is -2.75. The first-order valence-electron chi connectivity index (χ1n) is 10.1. The Morgan fingerprint density at radius 2 is 1.94 bits per heavy atom.